The van der Waals surface area contributed by atoms with Gasteiger partial charge in [0.25, 0.3) is 0 Å². The first-order valence-corrected chi connectivity index (χ1v) is 8.90. The van der Waals surface area contributed by atoms with Gasteiger partial charge in [0.15, 0.2) is 0 Å². The molecule has 2 heterocycles. The predicted molar refractivity (Wildman–Crippen MR) is 110 cm³/mol. The molecule has 2 N–H and O–H groups in total. The van der Waals surface area contributed by atoms with Crippen LogP contribution in [0.2, 0.25) is 5.02 Å². The summed E-state index contributed by atoms with van der Waals surface area (Å²) in [6.07, 6.45) is 0. The molecule has 0 atom stereocenters. The number of hydrogen-bond acceptors (Lipinski definition) is 4. The molecular weight excluding hydrogens is 401 g/mol. The monoisotopic (exact) mass is 421 g/mol. The van der Waals surface area contributed by atoms with E-state index in [1.165, 1.54) is 9.75 Å². The van der Waals surface area contributed by atoms with E-state index in [9.17, 15) is 4.79 Å². The Labute approximate surface area is 169 Å². The molecule has 1 aromatic heterocycles. The minimum Gasteiger partial charge on any atom is -0.339 e. The number of piperazine rings is 1. The third-order valence-electron chi connectivity index (χ3n) is 4.08. The van der Waals surface area contributed by atoms with Crippen LogP contribution in [0.4, 0.5) is 0 Å². The van der Waals surface area contributed by atoms with Crippen LogP contribution >= 0.6 is 47.8 Å². The number of carbonyl (C=O) groups is 1. The molecule has 0 spiro atoms. The lowest BCUT2D eigenvalue weighted by Crippen LogP contribution is -2.49. The highest BCUT2D eigenvalue weighted by atomic mass is 35.5. The number of halogens is 3. The summed E-state index contributed by atoms with van der Waals surface area (Å²) >= 11 is 8.05. The number of thiophene rings is 1. The summed E-state index contributed by atoms with van der Waals surface area (Å²) in [5.41, 5.74) is 6.50. The van der Waals surface area contributed by atoms with Gasteiger partial charge in [-0.25, -0.2) is 0 Å². The van der Waals surface area contributed by atoms with Crippen molar-refractivity contribution in [3.05, 3.63) is 46.3 Å². The first-order valence-electron chi connectivity index (χ1n) is 7.71. The molecule has 25 heavy (non-hydrogen) atoms. The molecule has 0 unspecified atom stereocenters. The second-order valence-electron chi connectivity index (χ2n) is 5.61. The highest BCUT2D eigenvalue weighted by Crippen LogP contribution is 2.33. The summed E-state index contributed by atoms with van der Waals surface area (Å²) in [7, 11) is 0. The summed E-state index contributed by atoms with van der Waals surface area (Å²) < 4.78 is 0. The van der Waals surface area contributed by atoms with Gasteiger partial charge >= 0.3 is 0 Å². The number of nitrogens with two attached hydrogens (primary N) is 1. The minimum absolute atomic E-state index is 0. The lowest BCUT2D eigenvalue weighted by Gasteiger charge is -2.34. The molecule has 1 aliphatic heterocycles. The number of nitrogens with zero attached hydrogens (tertiary/aromatic N) is 2. The quantitative estimate of drug-likeness (QED) is 0.820. The fourth-order valence-electron chi connectivity index (χ4n) is 2.77. The van der Waals surface area contributed by atoms with Gasteiger partial charge in [0.2, 0.25) is 5.91 Å². The number of benzene rings is 1. The number of carbonyl (C=O) groups excluding carboxylic acids is 1. The van der Waals surface area contributed by atoms with E-state index in [4.69, 9.17) is 17.3 Å². The Morgan fingerprint density at radius 3 is 2.40 bits per heavy atom. The van der Waals surface area contributed by atoms with E-state index in [2.05, 4.69) is 23.1 Å². The predicted octanol–water partition coefficient (Wildman–Crippen LogP) is 3.52. The van der Waals surface area contributed by atoms with Gasteiger partial charge in [-0.2, -0.15) is 0 Å². The molecule has 1 fully saturated rings. The Hall–Kier alpha value is -0.820. The molecule has 1 aliphatic rings. The van der Waals surface area contributed by atoms with Crippen molar-refractivity contribution in [3.63, 3.8) is 0 Å². The summed E-state index contributed by atoms with van der Waals surface area (Å²) in [5.74, 6) is 0.0433. The lowest BCUT2D eigenvalue weighted by atomic mass is 10.2. The third-order valence-corrected chi connectivity index (χ3v) is 5.51. The smallest absolute Gasteiger partial charge is 0.236 e. The first kappa shape index (κ1) is 22.2. The molecule has 1 amide bonds. The molecule has 4 nitrogen and oxygen atoms in total. The van der Waals surface area contributed by atoms with Crippen molar-refractivity contribution in [1.29, 1.82) is 0 Å². The van der Waals surface area contributed by atoms with Crippen LogP contribution < -0.4 is 5.73 Å². The highest BCUT2D eigenvalue weighted by Gasteiger charge is 2.20. The van der Waals surface area contributed by atoms with E-state index >= 15 is 0 Å². The van der Waals surface area contributed by atoms with Gasteiger partial charge in [-0.05, 0) is 18.2 Å². The van der Waals surface area contributed by atoms with E-state index in [-0.39, 0.29) is 37.3 Å². The van der Waals surface area contributed by atoms with Crippen molar-refractivity contribution < 1.29 is 4.79 Å². The van der Waals surface area contributed by atoms with E-state index in [1.54, 1.807) is 11.3 Å². The summed E-state index contributed by atoms with van der Waals surface area (Å²) in [6, 6.07) is 12.2. The molecule has 138 valence electrons. The largest absolute Gasteiger partial charge is 0.339 e. The Morgan fingerprint density at radius 2 is 1.76 bits per heavy atom. The summed E-state index contributed by atoms with van der Waals surface area (Å²) in [4.78, 5) is 18.3. The van der Waals surface area contributed by atoms with Crippen molar-refractivity contribution in [2.75, 3.05) is 32.7 Å². The van der Waals surface area contributed by atoms with Crippen molar-refractivity contribution in [2.24, 2.45) is 5.73 Å². The molecule has 3 rings (SSSR count). The molecular formula is C17H22Cl3N3OS. The maximum absolute atomic E-state index is 11.6. The number of hydrogen-bond donors (Lipinski definition) is 1. The molecule has 0 radical (unpaired) electrons. The van der Waals surface area contributed by atoms with Crippen LogP contribution in [0, 0.1) is 0 Å². The Balaban J connectivity index is 0.00000156. The van der Waals surface area contributed by atoms with Gasteiger partial charge in [-0.3, -0.25) is 9.69 Å². The van der Waals surface area contributed by atoms with Gasteiger partial charge in [-0.15, -0.1) is 36.2 Å². The first-order chi connectivity index (χ1) is 11.2. The van der Waals surface area contributed by atoms with Crippen LogP contribution in [0.5, 0.6) is 0 Å². The Bertz CT molecular complexity index is 687. The topological polar surface area (TPSA) is 49.6 Å². The average Bonchev–Trinajstić information content (AvgIpc) is 3.03. The highest BCUT2D eigenvalue weighted by molar-refractivity contribution is 7.15. The Morgan fingerprint density at radius 1 is 1.08 bits per heavy atom. The van der Waals surface area contributed by atoms with E-state index < -0.39 is 0 Å². The molecule has 0 aliphatic carbocycles. The molecule has 0 saturated carbocycles. The van der Waals surface area contributed by atoms with Crippen LogP contribution in [-0.4, -0.2) is 48.4 Å². The van der Waals surface area contributed by atoms with Crippen LogP contribution in [0.25, 0.3) is 10.4 Å². The van der Waals surface area contributed by atoms with Crippen molar-refractivity contribution in [2.45, 2.75) is 6.54 Å². The second kappa shape index (κ2) is 10.4. The van der Waals surface area contributed by atoms with Crippen molar-refractivity contribution in [1.82, 2.24) is 9.80 Å². The van der Waals surface area contributed by atoms with Gasteiger partial charge in [-0.1, -0.05) is 29.8 Å². The van der Waals surface area contributed by atoms with E-state index in [0.29, 0.717) is 0 Å². The molecule has 8 heteroatoms. The standard InChI is InChI=1S/C17H20ClN3OS.2ClH/c18-15-4-2-1-3-14(15)16-6-5-13(23-16)12-20-7-9-21(10-8-20)17(22)11-19;;/h1-6H,7-12,19H2;2*1H. The van der Waals surface area contributed by atoms with Gasteiger partial charge in [0.1, 0.15) is 0 Å². The summed E-state index contributed by atoms with van der Waals surface area (Å²) in [6.45, 7) is 4.33. The van der Waals surface area contributed by atoms with Crippen molar-refractivity contribution >= 4 is 53.7 Å². The molecule has 0 bridgehead atoms. The van der Waals surface area contributed by atoms with Crippen molar-refractivity contribution in [3.8, 4) is 10.4 Å². The molecule has 1 aromatic carbocycles. The molecule has 1 saturated heterocycles. The summed E-state index contributed by atoms with van der Waals surface area (Å²) in [5, 5.41) is 0.787. The lowest BCUT2D eigenvalue weighted by molar-refractivity contribution is -0.131. The number of rotatable bonds is 4. The average molecular weight is 423 g/mol. The van der Waals surface area contributed by atoms with Gasteiger partial charge in [0, 0.05) is 53.1 Å². The SMILES string of the molecule is Cl.Cl.NCC(=O)N1CCN(Cc2ccc(-c3ccccc3Cl)s2)CC1. The fourth-order valence-corrected chi connectivity index (χ4v) is 4.16. The van der Waals surface area contributed by atoms with E-state index in [1.807, 2.05) is 23.1 Å². The normalized spacial score (nSPS) is 14.6. The third kappa shape index (κ3) is 5.58. The second-order valence-corrected chi connectivity index (χ2v) is 7.18. The maximum Gasteiger partial charge on any atom is 0.236 e. The van der Waals surface area contributed by atoms with Gasteiger partial charge < -0.3 is 10.6 Å². The van der Waals surface area contributed by atoms with E-state index in [0.717, 1.165) is 43.3 Å². The van der Waals surface area contributed by atoms with Crippen LogP contribution in [0.1, 0.15) is 4.88 Å². The minimum atomic E-state index is 0. The van der Waals surface area contributed by atoms with Crippen LogP contribution in [0.15, 0.2) is 36.4 Å². The fraction of sp³-hybridized carbons (Fsp3) is 0.353. The zero-order chi connectivity index (χ0) is 16.2. The Kier molecular flexibility index (Phi) is 9.21. The van der Waals surface area contributed by atoms with Crippen LogP contribution in [0.3, 0.4) is 0 Å². The zero-order valence-electron chi connectivity index (χ0n) is 13.7. The molecule has 2 aromatic rings. The van der Waals surface area contributed by atoms with Gasteiger partial charge in [0.05, 0.1) is 6.54 Å². The number of amides is 1. The van der Waals surface area contributed by atoms with Crippen LogP contribution in [-0.2, 0) is 11.3 Å². The maximum atomic E-state index is 11.6. The zero-order valence-corrected chi connectivity index (χ0v) is 16.9.